The van der Waals surface area contributed by atoms with E-state index in [9.17, 15) is 22.8 Å². The zero-order valence-electron chi connectivity index (χ0n) is 15.9. The van der Waals surface area contributed by atoms with Gasteiger partial charge in [-0.3, -0.25) is 9.78 Å². The topological polar surface area (TPSA) is 72.0 Å². The van der Waals surface area contributed by atoms with Gasteiger partial charge in [-0.05, 0) is 44.2 Å². The van der Waals surface area contributed by atoms with E-state index in [1.807, 2.05) is 0 Å². The van der Waals surface area contributed by atoms with Crippen LogP contribution in [0.25, 0.3) is 0 Å². The van der Waals surface area contributed by atoms with Crippen molar-refractivity contribution in [2.75, 3.05) is 12.0 Å². The van der Waals surface area contributed by atoms with E-state index < -0.39 is 29.6 Å². The number of urea groups is 1. The maximum absolute atomic E-state index is 13.0. The van der Waals surface area contributed by atoms with Crippen molar-refractivity contribution < 1.29 is 32.2 Å². The molecule has 3 amide bonds. The van der Waals surface area contributed by atoms with Gasteiger partial charge in [0.2, 0.25) is 0 Å². The first-order chi connectivity index (χ1) is 13.5. The molecule has 0 radical (unpaired) electrons. The number of hydrogen-bond donors (Lipinski definition) is 0. The van der Waals surface area contributed by atoms with Gasteiger partial charge in [-0.25, -0.2) is 9.69 Å². The zero-order chi connectivity index (χ0) is 21.4. The van der Waals surface area contributed by atoms with Gasteiger partial charge in [0, 0.05) is 11.8 Å². The predicted molar refractivity (Wildman–Crippen MR) is 96.4 cm³/mol. The number of ether oxygens (including phenoxy) is 2. The van der Waals surface area contributed by atoms with Crippen LogP contribution >= 0.6 is 0 Å². The number of imide groups is 1. The van der Waals surface area contributed by atoms with Crippen LogP contribution in [0.2, 0.25) is 0 Å². The second-order valence-electron chi connectivity index (χ2n) is 6.80. The number of carbonyl (C=O) groups excluding carboxylic acids is 2. The van der Waals surface area contributed by atoms with Crippen LogP contribution in [0.1, 0.15) is 19.4 Å². The van der Waals surface area contributed by atoms with Crippen molar-refractivity contribution in [2.45, 2.75) is 32.3 Å². The summed E-state index contributed by atoms with van der Waals surface area (Å²) in [6.45, 7) is 3.29. The van der Waals surface area contributed by atoms with Gasteiger partial charge in [0.25, 0.3) is 5.91 Å². The Kier molecular flexibility index (Phi) is 5.12. The van der Waals surface area contributed by atoms with Crippen LogP contribution in [0, 0.1) is 0 Å². The Hall–Kier alpha value is -3.30. The largest absolute Gasteiger partial charge is 0.573 e. The Morgan fingerprint density at radius 2 is 1.76 bits per heavy atom. The molecule has 0 bridgehead atoms. The maximum Gasteiger partial charge on any atom is 0.573 e. The summed E-state index contributed by atoms with van der Waals surface area (Å²) >= 11 is 0. The van der Waals surface area contributed by atoms with Gasteiger partial charge in [0.1, 0.15) is 17.0 Å². The standard InChI is InChI=1S/C19H18F3N3O4/c1-18(2)16(26)25(13-4-6-14(7-5-13)29-19(20,21)22)17(27)24(18)11-12-8-9-23-10-15(12)28-3/h4-10H,11H2,1-3H3. The van der Waals surface area contributed by atoms with Crippen molar-refractivity contribution in [1.82, 2.24) is 9.88 Å². The molecule has 0 aliphatic carbocycles. The number of pyridine rings is 1. The SMILES string of the molecule is COc1cnccc1CN1C(=O)N(c2ccc(OC(F)(F)F)cc2)C(=O)C1(C)C. The number of hydrogen-bond acceptors (Lipinski definition) is 5. The summed E-state index contributed by atoms with van der Waals surface area (Å²) < 4.78 is 46.0. The van der Waals surface area contributed by atoms with Gasteiger partial charge >= 0.3 is 12.4 Å². The molecule has 2 aromatic rings. The number of halogens is 3. The zero-order valence-corrected chi connectivity index (χ0v) is 15.9. The average Bonchev–Trinajstić information content (AvgIpc) is 2.81. The average molecular weight is 409 g/mol. The number of nitrogens with zero attached hydrogens (tertiary/aromatic N) is 3. The van der Waals surface area contributed by atoms with E-state index in [-0.39, 0.29) is 12.2 Å². The molecule has 1 aliphatic heterocycles. The Balaban J connectivity index is 1.88. The predicted octanol–water partition coefficient (Wildman–Crippen LogP) is 3.74. The van der Waals surface area contributed by atoms with Crippen LogP contribution in [0.4, 0.5) is 23.7 Å². The Bertz CT molecular complexity index is 929. The molecule has 7 nitrogen and oxygen atoms in total. The van der Waals surface area contributed by atoms with E-state index in [2.05, 4.69) is 9.72 Å². The lowest BCUT2D eigenvalue weighted by atomic mass is 10.0. The molecule has 0 unspecified atom stereocenters. The molecule has 1 aromatic heterocycles. The first-order valence-electron chi connectivity index (χ1n) is 8.53. The minimum Gasteiger partial charge on any atom is -0.495 e. The van der Waals surface area contributed by atoms with Gasteiger partial charge in [0.15, 0.2) is 0 Å². The highest BCUT2D eigenvalue weighted by Crippen LogP contribution is 2.35. The second kappa shape index (κ2) is 7.26. The van der Waals surface area contributed by atoms with Gasteiger partial charge in [-0.15, -0.1) is 13.2 Å². The number of alkyl halides is 3. The molecule has 1 fully saturated rings. The molecule has 1 aromatic carbocycles. The van der Waals surface area contributed by atoms with Gasteiger partial charge in [-0.2, -0.15) is 0 Å². The number of anilines is 1. The second-order valence-corrected chi connectivity index (χ2v) is 6.80. The molecule has 29 heavy (non-hydrogen) atoms. The Morgan fingerprint density at radius 1 is 1.10 bits per heavy atom. The molecule has 2 heterocycles. The van der Waals surface area contributed by atoms with E-state index in [1.54, 1.807) is 26.1 Å². The van der Waals surface area contributed by atoms with Gasteiger partial charge in [-0.1, -0.05) is 0 Å². The highest BCUT2D eigenvalue weighted by atomic mass is 19.4. The third kappa shape index (κ3) is 3.96. The van der Waals surface area contributed by atoms with E-state index in [4.69, 9.17) is 4.74 Å². The number of rotatable bonds is 5. The molecule has 0 saturated carbocycles. The Labute approximate surface area is 164 Å². The summed E-state index contributed by atoms with van der Waals surface area (Å²) in [6.07, 6.45) is -1.78. The summed E-state index contributed by atoms with van der Waals surface area (Å²) in [6, 6.07) is 5.63. The van der Waals surface area contributed by atoms with E-state index in [0.717, 1.165) is 17.0 Å². The van der Waals surface area contributed by atoms with Crippen LogP contribution in [0.15, 0.2) is 42.7 Å². The number of aromatic nitrogens is 1. The third-order valence-electron chi connectivity index (χ3n) is 4.57. The fourth-order valence-electron chi connectivity index (χ4n) is 3.02. The molecule has 3 rings (SSSR count). The fraction of sp³-hybridized carbons (Fsp3) is 0.316. The van der Waals surface area contributed by atoms with Crippen molar-refractivity contribution in [1.29, 1.82) is 0 Å². The minimum atomic E-state index is -4.83. The van der Waals surface area contributed by atoms with Crippen LogP contribution in [0.5, 0.6) is 11.5 Å². The summed E-state index contributed by atoms with van der Waals surface area (Å²) in [5.74, 6) is -0.478. The first kappa shape index (κ1) is 20.4. The number of carbonyl (C=O) groups is 2. The highest BCUT2D eigenvalue weighted by Gasteiger charge is 2.52. The number of benzene rings is 1. The molecule has 0 N–H and O–H groups in total. The lowest BCUT2D eigenvalue weighted by molar-refractivity contribution is -0.274. The normalized spacial score (nSPS) is 16.3. The molecule has 1 aliphatic rings. The summed E-state index contributed by atoms with van der Waals surface area (Å²) in [4.78, 5) is 32.2. The number of methoxy groups -OCH3 is 1. The van der Waals surface area contributed by atoms with Crippen molar-refractivity contribution in [3.63, 3.8) is 0 Å². The van der Waals surface area contributed by atoms with Crippen LogP contribution in [0.3, 0.4) is 0 Å². The highest BCUT2D eigenvalue weighted by molar-refractivity contribution is 6.22. The van der Waals surface area contributed by atoms with Crippen molar-refractivity contribution in [3.8, 4) is 11.5 Å². The molecular formula is C19H18F3N3O4. The lowest BCUT2D eigenvalue weighted by Gasteiger charge is -2.28. The minimum absolute atomic E-state index is 0.0923. The molecule has 154 valence electrons. The molecule has 0 spiro atoms. The van der Waals surface area contributed by atoms with E-state index in [1.165, 1.54) is 30.3 Å². The smallest absolute Gasteiger partial charge is 0.495 e. The molecular weight excluding hydrogens is 391 g/mol. The first-order valence-corrected chi connectivity index (χ1v) is 8.53. The molecule has 0 atom stereocenters. The van der Waals surface area contributed by atoms with E-state index in [0.29, 0.717) is 11.3 Å². The lowest BCUT2D eigenvalue weighted by Crippen LogP contribution is -2.43. The van der Waals surface area contributed by atoms with Gasteiger partial charge in [0.05, 0.1) is 25.5 Å². The van der Waals surface area contributed by atoms with Crippen LogP contribution in [-0.4, -0.2) is 40.8 Å². The summed E-state index contributed by atoms with van der Waals surface area (Å²) in [7, 11) is 1.47. The van der Waals surface area contributed by atoms with E-state index >= 15 is 0 Å². The summed E-state index contributed by atoms with van der Waals surface area (Å²) in [5, 5.41) is 0. The quantitative estimate of drug-likeness (QED) is 0.704. The van der Waals surface area contributed by atoms with Crippen molar-refractivity contribution in [2.24, 2.45) is 0 Å². The molecule has 1 saturated heterocycles. The summed E-state index contributed by atoms with van der Waals surface area (Å²) in [5.41, 5.74) is -0.369. The Morgan fingerprint density at radius 3 is 2.34 bits per heavy atom. The van der Waals surface area contributed by atoms with Crippen LogP contribution in [-0.2, 0) is 11.3 Å². The third-order valence-corrected chi connectivity index (χ3v) is 4.57. The number of amides is 3. The van der Waals surface area contributed by atoms with Gasteiger partial charge < -0.3 is 14.4 Å². The maximum atomic E-state index is 13.0. The monoisotopic (exact) mass is 409 g/mol. The fourth-order valence-corrected chi connectivity index (χ4v) is 3.02. The van der Waals surface area contributed by atoms with Crippen LogP contribution < -0.4 is 14.4 Å². The van der Waals surface area contributed by atoms with Crippen molar-refractivity contribution in [3.05, 3.63) is 48.3 Å². The van der Waals surface area contributed by atoms with Crippen molar-refractivity contribution >= 4 is 17.6 Å². The molecule has 10 heteroatoms.